The van der Waals surface area contributed by atoms with E-state index >= 15 is 0 Å². The van der Waals surface area contributed by atoms with E-state index in [0.29, 0.717) is 0 Å². The molecule has 0 aliphatic carbocycles. The van der Waals surface area contributed by atoms with Crippen LogP contribution in [0.4, 0.5) is 0 Å². The van der Waals surface area contributed by atoms with Crippen LogP contribution in [0.3, 0.4) is 0 Å². The van der Waals surface area contributed by atoms with Crippen LogP contribution < -0.4 is 0 Å². The highest BCUT2D eigenvalue weighted by molar-refractivity contribution is 7.26. The maximum Gasteiger partial charge on any atom is 0.0649 e. The van der Waals surface area contributed by atoms with Crippen molar-refractivity contribution in [1.82, 2.24) is 4.98 Å². The molecule has 0 aliphatic rings. The Bertz CT molecular complexity index is 1140. The molecule has 0 amide bonds. The lowest BCUT2D eigenvalue weighted by molar-refractivity contribution is 1.55. The second-order valence-electron chi connectivity index (χ2n) is 5.59. The average Bonchev–Trinajstić information content (AvgIpc) is 3.06. The van der Waals surface area contributed by atoms with Crippen LogP contribution >= 0.6 is 11.3 Å². The zero-order valence-corrected chi connectivity index (χ0v) is 12.4. The van der Waals surface area contributed by atoms with E-state index in [4.69, 9.17) is 0 Å². The highest BCUT2D eigenvalue weighted by atomic mass is 32.1. The van der Waals surface area contributed by atoms with E-state index in [1.165, 1.54) is 47.5 Å². The van der Waals surface area contributed by atoms with Gasteiger partial charge >= 0.3 is 0 Å². The zero-order chi connectivity index (χ0) is 14.0. The van der Waals surface area contributed by atoms with E-state index in [1.54, 1.807) is 0 Å². The normalized spacial score (nSPS) is 12.0. The van der Waals surface area contributed by atoms with Gasteiger partial charge in [-0.3, -0.25) is 0 Å². The summed E-state index contributed by atoms with van der Waals surface area (Å²) < 4.78 is 2.73. The summed E-state index contributed by atoms with van der Waals surface area (Å²) in [6.45, 7) is 2.22. The molecule has 0 saturated heterocycles. The molecule has 0 unspecified atom stereocenters. The molecule has 2 aromatic heterocycles. The fourth-order valence-corrected chi connectivity index (χ4v) is 4.59. The van der Waals surface area contributed by atoms with Crippen molar-refractivity contribution >= 4 is 53.3 Å². The Morgan fingerprint density at radius 3 is 2.52 bits per heavy atom. The van der Waals surface area contributed by atoms with Gasteiger partial charge in [0, 0.05) is 31.8 Å². The lowest BCUT2D eigenvalue weighted by atomic mass is 10.0. The molecule has 0 aliphatic heterocycles. The minimum absolute atomic E-state index is 1.22. The van der Waals surface area contributed by atoms with Gasteiger partial charge in [-0.1, -0.05) is 36.4 Å². The lowest BCUT2D eigenvalue weighted by Crippen LogP contribution is -1.76. The third-order valence-corrected chi connectivity index (χ3v) is 5.53. The fraction of sp³-hybridized carbons (Fsp3) is 0.0526. The molecule has 5 aromatic rings. The first-order valence-corrected chi connectivity index (χ1v) is 7.96. The molecule has 2 heterocycles. The average molecular weight is 287 g/mol. The molecule has 3 aromatic carbocycles. The number of hydrogen-bond donors (Lipinski definition) is 1. The van der Waals surface area contributed by atoms with Crippen molar-refractivity contribution in [1.29, 1.82) is 0 Å². The largest absolute Gasteiger partial charge is 0.353 e. The van der Waals surface area contributed by atoms with Crippen molar-refractivity contribution in [2.24, 2.45) is 0 Å². The number of thiophene rings is 1. The Morgan fingerprint density at radius 2 is 1.62 bits per heavy atom. The summed E-state index contributed by atoms with van der Waals surface area (Å²) in [5, 5.41) is 5.42. The molecule has 100 valence electrons. The van der Waals surface area contributed by atoms with Crippen LogP contribution in [0.2, 0.25) is 0 Å². The Morgan fingerprint density at radius 1 is 0.857 bits per heavy atom. The number of para-hydroxylation sites is 1. The first-order chi connectivity index (χ1) is 10.3. The number of fused-ring (bicyclic) bond motifs is 7. The Labute approximate surface area is 125 Å². The van der Waals surface area contributed by atoms with E-state index in [1.807, 2.05) is 11.3 Å². The first kappa shape index (κ1) is 11.4. The minimum Gasteiger partial charge on any atom is -0.353 e. The molecule has 2 heteroatoms. The predicted molar refractivity (Wildman–Crippen MR) is 93.4 cm³/mol. The van der Waals surface area contributed by atoms with Gasteiger partial charge in [0.05, 0.1) is 10.2 Å². The number of aromatic nitrogens is 1. The van der Waals surface area contributed by atoms with E-state index in [-0.39, 0.29) is 0 Å². The van der Waals surface area contributed by atoms with Gasteiger partial charge in [0.1, 0.15) is 0 Å². The smallest absolute Gasteiger partial charge is 0.0649 e. The van der Waals surface area contributed by atoms with Crippen molar-refractivity contribution in [3.63, 3.8) is 0 Å². The molecule has 21 heavy (non-hydrogen) atoms. The number of benzene rings is 3. The third kappa shape index (κ3) is 1.40. The van der Waals surface area contributed by atoms with Crippen LogP contribution in [0.15, 0.2) is 54.6 Å². The molecule has 0 spiro atoms. The second-order valence-corrected chi connectivity index (χ2v) is 6.64. The van der Waals surface area contributed by atoms with Gasteiger partial charge in [0.15, 0.2) is 0 Å². The fourth-order valence-electron chi connectivity index (χ4n) is 3.40. The van der Waals surface area contributed by atoms with Crippen LogP contribution in [-0.4, -0.2) is 4.98 Å². The van der Waals surface area contributed by atoms with Gasteiger partial charge in [0.25, 0.3) is 0 Å². The lowest BCUT2D eigenvalue weighted by Gasteiger charge is -2.00. The number of aryl methyl sites for hydroxylation is 1. The van der Waals surface area contributed by atoms with Crippen molar-refractivity contribution in [3.8, 4) is 0 Å². The molecular formula is C19H13NS. The summed E-state index contributed by atoms with van der Waals surface area (Å²) in [5.41, 5.74) is 3.85. The number of nitrogens with one attached hydrogen (secondary N) is 1. The van der Waals surface area contributed by atoms with Gasteiger partial charge in [-0.15, -0.1) is 11.3 Å². The predicted octanol–water partition coefficient (Wildman–Crippen LogP) is 6.00. The molecule has 1 N–H and O–H groups in total. The Balaban J connectivity index is 2.14. The molecule has 0 bridgehead atoms. The number of hydrogen-bond acceptors (Lipinski definition) is 1. The summed E-state index contributed by atoms with van der Waals surface area (Å²) in [7, 11) is 0. The zero-order valence-electron chi connectivity index (χ0n) is 11.6. The van der Waals surface area contributed by atoms with Crippen molar-refractivity contribution < 1.29 is 0 Å². The maximum absolute atomic E-state index is 3.63. The number of aromatic amines is 1. The van der Waals surface area contributed by atoms with Crippen molar-refractivity contribution in [2.45, 2.75) is 6.92 Å². The molecule has 0 atom stereocenters. The van der Waals surface area contributed by atoms with Gasteiger partial charge in [-0.05, 0) is 30.7 Å². The van der Waals surface area contributed by atoms with Crippen LogP contribution in [0.5, 0.6) is 0 Å². The Hall–Kier alpha value is -2.32. The summed E-state index contributed by atoms with van der Waals surface area (Å²) in [5.74, 6) is 0. The summed E-state index contributed by atoms with van der Waals surface area (Å²) in [6.07, 6.45) is 0. The standard InChI is InChI=1S/C19H13NS/c1-11-10-14-12-6-3-5-9-16(12)21-19(14)18-17(11)13-7-2-4-8-15(13)20-18/h2-10,20H,1H3. The van der Waals surface area contributed by atoms with Crippen LogP contribution in [0, 0.1) is 6.92 Å². The van der Waals surface area contributed by atoms with Crippen molar-refractivity contribution in [3.05, 3.63) is 60.2 Å². The molecule has 0 fully saturated rings. The molecular weight excluding hydrogens is 274 g/mol. The second kappa shape index (κ2) is 3.86. The molecule has 0 radical (unpaired) electrons. The van der Waals surface area contributed by atoms with E-state index in [2.05, 4.69) is 66.5 Å². The summed E-state index contributed by atoms with van der Waals surface area (Å²) >= 11 is 1.88. The monoisotopic (exact) mass is 287 g/mol. The van der Waals surface area contributed by atoms with Crippen LogP contribution in [0.25, 0.3) is 42.0 Å². The first-order valence-electron chi connectivity index (χ1n) is 7.14. The molecule has 5 rings (SSSR count). The number of H-pyrrole nitrogens is 1. The third-order valence-electron chi connectivity index (χ3n) is 4.32. The molecule has 0 saturated carbocycles. The van der Waals surface area contributed by atoms with Gasteiger partial charge in [0.2, 0.25) is 0 Å². The highest BCUT2D eigenvalue weighted by Crippen LogP contribution is 2.41. The van der Waals surface area contributed by atoms with E-state index in [0.717, 1.165) is 0 Å². The summed E-state index contributed by atoms with van der Waals surface area (Å²) in [4.78, 5) is 3.63. The summed E-state index contributed by atoms with van der Waals surface area (Å²) in [6, 6.07) is 19.6. The Kier molecular flexibility index (Phi) is 2.09. The highest BCUT2D eigenvalue weighted by Gasteiger charge is 2.13. The van der Waals surface area contributed by atoms with Crippen LogP contribution in [-0.2, 0) is 0 Å². The quantitative estimate of drug-likeness (QED) is 0.359. The van der Waals surface area contributed by atoms with E-state index < -0.39 is 0 Å². The van der Waals surface area contributed by atoms with E-state index in [9.17, 15) is 0 Å². The van der Waals surface area contributed by atoms with Gasteiger partial charge in [-0.25, -0.2) is 0 Å². The van der Waals surface area contributed by atoms with Crippen molar-refractivity contribution in [2.75, 3.05) is 0 Å². The maximum atomic E-state index is 3.63. The number of rotatable bonds is 0. The topological polar surface area (TPSA) is 15.8 Å². The SMILES string of the molecule is Cc1cc2c3ccccc3sc2c2[nH]c3ccccc3c12. The van der Waals surface area contributed by atoms with Gasteiger partial charge < -0.3 is 4.98 Å². The minimum atomic E-state index is 1.22. The molecule has 1 nitrogen and oxygen atoms in total. The van der Waals surface area contributed by atoms with Gasteiger partial charge in [-0.2, -0.15) is 0 Å². The van der Waals surface area contributed by atoms with Crippen LogP contribution in [0.1, 0.15) is 5.56 Å².